The lowest BCUT2D eigenvalue weighted by molar-refractivity contribution is 0.0718. The third kappa shape index (κ3) is 3.38. The molecule has 1 aromatic carbocycles. The molecule has 0 bridgehead atoms. The van der Waals surface area contributed by atoms with Crippen LogP contribution in [-0.4, -0.2) is 55.0 Å². The molecule has 0 aliphatic carbocycles. The Bertz CT molecular complexity index is 385. The zero-order valence-electron chi connectivity index (χ0n) is 11.1. The summed E-state index contributed by atoms with van der Waals surface area (Å²) in [7, 11) is 2.12. The fraction of sp³-hybridized carbons (Fsp3) is 0.500. The van der Waals surface area contributed by atoms with Gasteiger partial charge in [0.15, 0.2) is 5.78 Å². The monoisotopic (exact) mass is 247 g/mol. The van der Waals surface area contributed by atoms with Crippen molar-refractivity contribution < 1.29 is 4.79 Å². The van der Waals surface area contributed by atoms with Crippen LogP contribution in [0.1, 0.15) is 17.3 Å². The summed E-state index contributed by atoms with van der Waals surface area (Å²) in [5, 5.41) is 2.14. The zero-order valence-corrected chi connectivity index (χ0v) is 11.1. The maximum absolute atomic E-state index is 12.2. The molecule has 1 aliphatic heterocycles. The average molecular weight is 247 g/mol. The van der Waals surface area contributed by atoms with E-state index in [9.17, 15) is 4.79 Å². The predicted molar refractivity (Wildman–Crippen MR) is 72.4 cm³/mol. The van der Waals surface area contributed by atoms with Crippen molar-refractivity contribution in [2.75, 3.05) is 33.2 Å². The Morgan fingerprint density at radius 3 is 2.39 bits per heavy atom. The van der Waals surface area contributed by atoms with Crippen molar-refractivity contribution in [2.24, 2.45) is 0 Å². The zero-order chi connectivity index (χ0) is 13.0. The number of hydrogen-bond acceptors (Lipinski definition) is 4. The second-order valence-electron chi connectivity index (χ2n) is 4.87. The summed E-state index contributed by atoms with van der Waals surface area (Å²) in [5.74, 6) is 0.148. The van der Waals surface area contributed by atoms with Gasteiger partial charge in [-0.1, -0.05) is 30.3 Å². The molecule has 18 heavy (non-hydrogen) atoms. The van der Waals surface area contributed by atoms with E-state index in [1.165, 1.54) is 0 Å². The van der Waals surface area contributed by atoms with Crippen molar-refractivity contribution in [3.8, 4) is 0 Å². The van der Waals surface area contributed by atoms with Gasteiger partial charge in [-0.3, -0.25) is 4.79 Å². The number of carbonyl (C=O) groups excluding carboxylic acids is 1. The highest BCUT2D eigenvalue weighted by molar-refractivity contribution is 5.99. The van der Waals surface area contributed by atoms with E-state index < -0.39 is 0 Å². The molecule has 1 fully saturated rings. The van der Waals surface area contributed by atoms with Gasteiger partial charge in [-0.05, 0) is 14.0 Å². The number of hydrazine groups is 1. The van der Waals surface area contributed by atoms with Gasteiger partial charge in [0, 0.05) is 31.7 Å². The fourth-order valence-corrected chi connectivity index (χ4v) is 2.12. The molecule has 98 valence electrons. The first-order valence-corrected chi connectivity index (χ1v) is 6.46. The first-order chi connectivity index (χ1) is 8.66. The molecule has 4 nitrogen and oxygen atoms in total. The second-order valence-corrected chi connectivity index (χ2v) is 4.87. The van der Waals surface area contributed by atoms with E-state index in [0.717, 1.165) is 31.7 Å². The standard InChI is InChI=1S/C14H21N3O/c1-12(14(18)13-6-4-3-5-7-13)15-17-10-8-16(2)9-11-17/h3-7,12,15H,8-11H2,1-2H3. The first kappa shape index (κ1) is 13.2. The van der Waals surface area contributed by atoms with Crippen molar-refractivity contribution in [2.45, 2.75) is 13.0 Å². The number of piperazine rings is 1. The van der Waals surface area contributed by atoms with E-state index >= 15 is 0 Å². The predicted octanol–water partition coefficient (Wildman–Crippen LogP) is 1.01. The smallest absolute Gasteiger partial charge is 0.180 e. The van der Waals surface area contributed by atoms with Crippen molar-refractivity contribution in [1.82, 2.24) is 15.3 Å². The number of carbonyl (C=O) groups is 1. The number of hydrogen-bond donors (Lipinski definition) is 1. The number of ketones is 1. The molecule has 0 spiro atoms. The summed E-state index contributed by atoms with van der Waals surface area (Å²) in [6.45, 7) is 5.93. The van der Waals surface area contributed by atoms with Crippen molar-refractivity contribution in [1.29, 1.82) is 0 Å². The van der Waals surface area contributed by atoms with Gasteiger partial charge in [-0.2, -0.15) is 0 Å². The first-order valence-electron chi connectivity index (χ1n) is 6.46. The summed E-state index contributed by atoms with van der Waals surface area (Å²) in [6.07, 6.45) is 0. The molecule has 1 aliphatic rings. The molecule has 2 rings (SSSR count). The van der Waals surface area contributed by atoms with Crippen LogP contribution < -0.4 is 5.43 Å². The van der Waals surface area contributed by atoms with Gasteiger partial charge in [0.05, 0.1) is 6.04 Å². The van der Waals surface area contributed by atoms with E-state index in [2.05, 4.69) is 22.4 Å². The summed E-state index contributed by atoms with van der Waals surface area (Å²) < 4.78 is 0. The Morgan fingerprint density at radius 1 is 1.17 bits per heavy atom. The van der Waals surface area contributed by atoms with E-state index in [1.807, 2.05) is 37.3 Å². The van der Waals surface area contributed by atoms with Gasteiger partial charge < -0.3 is 4.90 Å². The van der Waals surface area contributed by atoms with Crippen molar-refractivity contribution in [3.05, 3.63) is 35.9 Å². The Morgan fingerprint density at radius 2 is 1.78 bits per heavy atom. The fourth-order valence-electron chi connectivity index (χ4n) is 2.12. The highest BCUT2D eigenvalue weighted by Gasteiger charge is 2.20. The molecule has 1 N–H and O–H groups in total. The highest BCUT2D eigenvalue weighted by atomic mass is 16.1. The summed E-state index contributed by atoms with van der Waals surface area (Å²) in [6, 6.07) is 9.28. The number of nitrogens with zero attached hydrogens (tertiary/aromatic N) is 2. The lowest BCUT2D eigenvalue weighted by atomic mass is 10.1. The van der Waals surface area contributed by atoms with Crippen LogP contribution in [0.4, 0.5) is 0 Å². The van der Waals surface area contributed by atoms with Gasteiger partial charge in [-0.25, -0.2) is 10.4 Å². The largest absolute Gasteiger partial charge is 0.304 e. The molecular weight excluding hydrogens is 226 g/mol. The summed E-state index contributed by atoms with van der Waals surface area (Å²) >= 11 is 0. The second kappa shape index (κ2) is 6.09. The third-order valence-electron chi connectivity index (χ3n) is 3.33. The van der Waals surface area contributed by atoms with Gasteiger partial charge in [0.1, 0.15) is 0 Å². The molecule has 1 atom stereocenters. The number of benzene rings is 1. The van der Waals surface area contributed by atoms with Crippen LogP contribution in [0.3, 0.4) is 0 Å². The van der Waals surface area contributed by atoms with Crippen LogP contribution in [0.15, 0.2) is 30.3 Å². The van der Waals surface area contributed by atoms with E-state index in [4.69, 9.17) is 0 Å². The Labute approximate surface area is 109 Å². The van der Waals surface area contributed by atoms with E-state index in [1.54, 1.807) is 0 Å². The molecule has 0 amide bonds. The molecule has 0 saturated carbocycles. The quantitative estimate of drug-likeness (QED) is 0.806. The average Bonchev–Trinajstić information content (AvgIpc) is 2.41. The Balaban J connectivity index is 1.88. The minimum atomic E-state index is -0.171. The third-order valence-corrected chi connectivity index (χ3v) is 3.33. The topological polar surface area (TPSA) is 35.6 Å². The Kier molecular flexibility index (Phi) is 4.47. The molecule has 1 unspecified atom stereocenters. The number of nitrogens with one attached hydrogen (secondary N) is 1. The molecule has 0 radical (unpaired) electrons. The van der Waals surface area contributed by atoms with E-state index in [-0.39, 0.29) is 11.8 Å². The SMILES string of the molecule is CC(NN1CCN(C)CC1)C(=O)c1ccccc1. The summed E-state index contributed by atoms with van der Waals surface area (Å²) in [5.41, 5.74) is 4.06. The molecule has 0 aromatic heterocycles. The van der Waals surface area contributed by atoms with Crippen LogP contribution in [0, 0.1) is 0 Å². The van der Waals surface area contributed by atoms with Gasteiger partial charge in [0.25, 0.3) is 0 Å². The number of likely N-dealkylation sites (N-methyl/N-ethyl adjacent to an activating group) is 1. The van der Waals surface area contributed by atoms with E-state index in [0.29, 0.717) is 0 Å². The van der Waals surface area contributed by atoms with Crippen LogP contribution in [0.5, 0.6) is 0 Å². The van der Waals surface area contributed by atoms with Gasteiger partial charge in [0.2, 0.25) is 0 Å². The minimum Gasteiger partial charge on any atom is -0.304 e. The van der Waals surface area contributed by atoms with Crippen LogP contribution >= 0.6 is 0 Å². The number of Topliss-reactive ketones (excluding diaryl/α,β-unsaturated/α-hetero) is 1. The maximum atomic E-state index is 12.2. The molecule has 4 heteroatoms. The molecule has 1 aromatic rings. The highest BCUT2D eigenvalue weighted by Crippen LogP contribution is 2.05. The van der Waals surface area contributed by atoms with Crippen LogP contribution in [0.2, 0.25) is 0 Å². The molecular formula is C14H21N3O. The van der Waals surface area contributed by atoms with Gasteiger partial charge in [-0.15, -0.1) is 0 Å². The summed E-state index contributed by atoms with van der Waals surface area (Å²) in [4.78, 5) is 14.5. The lowest BCUT2D eigenvalue weighted by Gasteiger charge is -2.34. The normalized spacial score (nSPS) is 19.7. The molecule has 1 saturated heterocycles. The van der Waals surface area contributed by atoms with Crippen molar-refractivity contribution >= 4 is 5.78 Å². The Hall–Kier alpha value is -1.23. The van der Waals surface area contributed by atoms with Crippen molar-refractivity contribution in [3.63, 3.8) is 0 Å². The number of rotatable bonds is 4. The van der Waals surface area contributed by atoms with Gasteiger partial charge >= 0.3 is 0 Å². The minimum absolute atomic E-state index is 0.148. The maximum Gasteiger partial charge on any atom is 0.180 e. The van der Waals surface area contributed by atoms with Crippen LogP contribution in [-0.2, 0) is 0 Å². The lowest BCUT2D eigenvalue weighted by Crippen LogP contribution is -2.54. The molecule has 1 heterocycles. The van der Waals surface area contributed by atoms with Crippen LogP contribution in [0.25, 0.3) is 0 Å².